The fourth-order valence-electron chi connectivity index (χ4n) is 2.04. The number of hydrogen-bond acceptors (Lipinski definition) is 4. The predicted octanol–water partition coefficient (Wildman–Crippen LogP) is 0.768. The van der Waals surface area contributed by atoms with Crippen LogP contribution in [-0.4, -0.2) is 46.7 Å². The smallest absolute Gasteiger partial charge is 0.307 e. The Kier molecular flexibility index (Phi) is 4.93. The topological polar surface area (TPSA) is 92.5 Å². The van der Waals surface area contributed by atoms with E-state index >= 15 is 0 Å². The number of carboxylic acid groups (broad SMARTS) is 1. The van der Waals surface area contributed by atoms with Gasteiger partial charge in [0, 0.05) is 20.1 Å². The lowest BCUT2D eigenvalue weighted by Crippen LogP contribution is -2.37. The Morgan fingerprint density at radius 3 is 2.35 bits per heavy atom. The highest BCUT2D eigenvalue weighted by Gasteiger charge is 2.31. The molecule has 7 nitrogen and oxygen atoms in total. The van der Waals surface area contributed by atoms with Crippen molar-refractivity contribution in [1.82, 2.24) is 14.1 Å². The number of carboxylic acids is 1. The molecule has 0 aliphatic heterocycles. The van der Waals surface area contributed by atoms with E-state index in [4.69, 9.17) is 5.11 Å². The van der Waals surface area contributed by atoms with Crippen molar-refractivity contribution >= 4 is 16.0 Å². The molecule has 0 saturated heterocycles. The van der Waals surface area contributed by atoms with Crippen LogP contribution in [0, 0.1) is 19.8 Å². The van der Waals surface area contributed by atoms with E-state index in [-0.39, 0.29) is 18.0 Å². The number of rotatable bonds is 6. The summed E-state index contributed by atoms with van der Waals surface area (Å²) in [5.74, 6) is -1.78. The summed E-state index contributed by atoms with van der Waals surface area (Å²) in [4.78, 5) is 11.1. The van der Waals surface area contributed by atoms with Gasteiger partial charge < -0.3 is 5.11 Å². The minimum absolute atomic E-state index is 0.0536. The number of nitrogens with zero attached hydrogens (tertiary/aromatic N) is 3. The van der Waals surface area contributed by atoms with Gasteiger partial charge >= 0.3 is 5.97 Å². The molecule has 1 heterocycles. The molecule has 0 amide bonds. The molecule has 1 atom stereocenters. The molecule has 0 bridgehead atoms. The van der Waals surface area contributed by atoms with Gasteiger partial charge in [0.25, 0.3) is 0 Å². The van der Waals surface area contributed by atoms with Gasteiger partial charge in [0.2, 0.25) is 10.0 Å². The third kappa shape index (κ3) is 3.01. The number of hydrogen-bond donors (Lipinski definition) is 1. The fourth-order valence-corrected chi connectivity index (χ4v) is 3.97. The van der Waals surface area contributed by atoms with Gasteiger partial charge in [-0.15, -0.1) is 0 Å². The van der Waals surface area contributed by atoms with Crippen LogP contribution in [0.5, 0.6) is 0 Å². The number of aromatic nitrogens is 2. The number of sulfonamides is 1. The minimum Gasteiger partial charge on any atom is -0.481 e. The minimum atomic E-state index is -3.73. The summed E-state index contributed by atoms with van der Waals surface area (Å²) in [5.41, 5.74) is 0.968. The Labute approximate surface area is 119 Å². The van der Waals surface area contributed by atoms with Crippen molar-refractivity contribution in [2.24, 2.45) is 13.0 Å². The second-order valence-corrected chi connectivity index (χ2v) is 6.69. The van der Waals surface area contributed by atoms with Crippen molar-refractivity contribution in [3.05, 3.63) is 11.4 Å². The van der Waals surface area contributed by atoms with E-state index in [9.17, 15) is 13.2 Å². The molecule has 0 fully saturated rings. The lowest BCUT2D eigenvalue weighted by atomic mass is 10.2. The molecular formula is C12H21N3O4S. The monoisotopic (exact) mass is 303 g/mol. The number of carbonyl (C=O) groups is 1. The summed E-state index contributed by atoms with van der Waals surface area (Å²) in [5, 5.41) is 13.0. The van der Waals surface area contributed by atoms with E-state index in [0.717, 1.165) is 0 Å². The Morgan fingerprint density at radius 2 is 2.00 bits per heavy atom. The summed E-state index contributed by atoms with van der Waals surface area (Å²) in [7, 11) is -2.06. The average Bonchev–Trinajstić information content (AvgIpc) is 2.59. The van der Waals surface area contributed by atoms with Gasteiger partial charge in [0.05, 0.1) is 17.3 Å². The molecule has 0 saturated carbocycles. The van der Waals surface area contributed by atoms with Crippen LogP contribution in [0.2, 0.25) is 0 Å². The molecule has 0 radical (unpaired) electrons. The number of aliphatic carboxylic acids is 1. The van der Waals surface area contributed by atoms with Crippen molar-refractivity contribution in [3.8, 4) is 0 Å². The number of aryl methyl sites for hydroxylation is 2. The van der Waals surface area contributed by atoms with Crippen molar-refractivity contribution < 1.29 is 18.3 Å². The highest BCUT2D eigenvalue weighted by Crippen LogP contribution is 2.23. The van der Waals surface area contributed by atoms with Crippen LogP contribution in [0.4, 0.5) is 0 Å². The molecule has 20 heavy (non-hydrogen) atoms. The van der Waals surface area contributed by atoms with Crippen LogP contribution >= 0.6 is 0 Å². The highest BCUT2D eigenvalue weighted by molar-refractivity contribution is 7.89. The normalized spacial score (nSPS) is 13.7. The summed E-state index contributed by atoms with van der Waals surface area (Å²) in [6.45, 7) is 6.65. The standard InChI is InChI=1S/C12H21N3O4S/c1-6-15(7-8(2)12(16)17)20(18,19)11-9(3)13-14(5)10(11)4/h8H,6-7H2,1-5H3,(H,16,17). The molecule has 0 spiro atoms. The zero-order valence-electron chi connectivity index (χ0n) is 12.4. The Balaban J connectivity index is 3.22. The molecule has 1 N–H and O–H groups in total. The van der Waals surface area contributed by atoms with Gasteiger partial charge in [-0.05, 0) is 13.8 Å². The van der Waals surface area contributed by atoms with E-state index in [0.29, 0.717) is 11.4 Å². The summed E-state index contributed by atoms with van der Waals surface area (Å²) in [6.07, 6.45) is 0. The van der Waals surface area contributed by atoms with Crippen LogP contribution in [0.3, 0.4) is 0 Å². The summed E-state index contributed by atoms with van der Waals surface area (Å²) >= 11 is 0. The molecule has 0 aromatic carbocycles. The third-order valence-electron chi connectivity index (χ3n) is 3.29. The lowest BCUT2D eigenvalue weighted by molar-refractivity contribution is -0.141. The SMILES string of the molecule is CCN(CC(C)C(=O)O)S(=O)(=O)c1c(C)nn(C)c1C. The maximum atomic E-state index is 12.7. The summed E-state index contributed by atoms with van der Waals surface area (Å²) in [6, 6.07) is 0. The molecule has 0 aliphatic rings. The van der Waals surface area contributed by atoms with Crippen LogP contribution in [0.1, 0.15) is 25.2 Å². The molecule has 1 unspecified atom stereocenters. The summed E-state index contributed by atoms with van der Waals surface area (Å²) < 4.78 is 28.0. The van der Waals surface area contributed by atoms with Crippen molar-refractivity contribution in [3.63, 3.8) is 0 Å². The Hall–Kier alpha value is -1.41. The maximum absolute atomic E-state index is 12.7. The van der Waals surface area contributed by atoms with E-state index < -0.39 is 21.9 Å². The molecule has 114 valence electrons. The van der Waals surface area contributed by atoms with Gasteiger partial charge in [-0.2, -0.15) is 9.40 Å². The van der Waals surface area contributed by atoms with Crippen molar-refractivity contribution in [1.29, 1.82) is 0 Å². The molecule has 0 aliphatic carbocycles. The Bertz CT molecular complexity index is 606. The second-order valence-electron chi connectivity index (χ2n) is 4.82. The molecule has 1 rings (SSSR count). The molecular weight excluding hydrogens is 282 g/mol. The average molecular weight is 303 g/mol. The quantitative estimate of drug-likeness (QED) is 0.838. The molecule has 1 aromatic heterocycles. The van der Waals surface area contributed by atoms with Crippen LogP contribution in [0.15, 0.2) is 4.90 Å². The zero-order chi connectivity index (χ0) is 15.7. The first kappa shape index (κ1) is 16.6. The van der Waals surface area contributed by atoms with E-state index in [2.05, 4.69) is 5.10 Å². The van der Waals surface area contributed by atoms with Gasteiger partial charge in [-0.1, -0.05) is 13.8 Å². The molecule has 8 heteroatoms. The van der Waals surface area contributed by atoms with E-state index in [1.807, 2.05) is 0 Å². The maximum Gasteiger partial charge on any atom is 0.307 e. The van der Waals surface area contributed by atoms with Crippen LogP contribution in [-0.2, 0) is 21.9 Å². The van der Waals surface area contributed by atoms with Crippen molar-refractivity contribution in [2.75, 3.05) is 13.1 Å². The van der Waals surface area contributed by atoms with Gasteiger partial charge in [0.15, 0.2) is 0 Å². The van der Waals surface area contributed by atoms with Gasteiger partial charge in [-0.25, -0.2) is 8.42 Å². The van der Waals surface area contributed by atoms with Gasteiger partial charge in [0.1, 0.15) is 4.90 Å². The van der Waals surface area contributed by atoms with Crippen LogP contribution < -0.4 is 0 Å². The van der Waals surface area contributed by atoms with Gasteiger partial charge in [-0.3, -0.25) is 9.48 Å². The first-order chi connectivity index (χ1) is 9.12. The molecule has 1 aromatic rings. The predicted molar refractivity (Wildman–Crippen MR) is 73.9 cm³/mol. The third-order valence-corrected chi connectivity index (χ3v) is 5.49. The van der Waals surface area contributed by atoms with E-state index in [1.165, 1.54) is 15.9 Å². The fraction of sp³-hybridized carbons (Fsp3) is 0.667. The largest absolute Gasteiger partial charge is 0.481 e. The van der Waals surface area contributed by atoms with E-state index in [1.54, 1.807) is 27.8 Å². The first-order valence-electron chi connectivity index (χ1n) is 6.36. The Morgan fingerprint density at radius 1 is 1.45 bits per heavy atom. The zero-order valence-corrected chi connectivity index (χ0v) is 13.2. The lowest BCUT2D eigenvalue weighted by Gasteiger charge is -2.22. The first-order valence-corrected chi connectivity index (χ1v) is 7.80. The van der Waals surface area contributed by atoms with Crippen LogP contribution in [0.25, 0.3) is 0 Å². The second kappa shape index (κ2) is 5.92. The van der Waals surface area contributed by atoms with Crippen molar-refractivity contribution in [2.45, 2.75) is 32.6 Å². The highest BCUT2D eigenvalue weighted by atomic mass is 32.2.